The molecule has 2 aliphatic rings. The zero-order valence-corrected chi connectivity index (χ0v) is 8.25. The average molecular weight is 179 g/mol. The molecule has 0 aromatic rings. The van der Waals surface area contributed by atoms with Crippen LogP contribution >= 0.6 is 0 Å². The van der Waals surface area contributed by atoms with Crippen molar-refractivity contribution < 1.29 is 4.74 Å². The minimum atomic E-state index is 0.571. The van der Waals surface area contributed by atoms with Gasteiger partial charge in [-0.3, -0.25) is 4.90 Å². The number of rotatable bonds is 2. The molecule has 2 fully saturated rings. The molecule has 2 unspecified atom stereocenters. The SMILES string of the molecule is COCC#CCN1CCCC2CC21. The van der Waals surface area contributed by atoms with Crippen molar-refractivity contribution in [2.45, 2.75) is 25.3 Å². The summed E-state index contributed by atoms with van der Waals surface area (Å²) in [5, 5.41) is 0. The van der Waals surface area contributed by atoms with E-state index < -0.39 is 0 Å². The van der Waals surface area contributed by atoms with Crippen molar-refractivity contribution in [3.05, 3.63) is 0 Å². The topological polar surface area (TPSA) is 12.5 Å². The van der Waals surface area contributed by atoms with Gasteiger partial charge in [-0.25, -0.2) is 0 Å². The molecule has 1 heterocycles. The molecule has 0 bridgehead atoms. The Morgan fingerprint density at radius 2 is 2.38 bits per heavy atom. The molecule has 1 saturated carbocycles. The second-order valence-corrected chi connectivity index (χ2v) is 3.96. The minimum absolute atomic E-state index is 0.571. The number of hydrogen-bond donors (Lipinski definition) is 0. The van der Waals surface area contributed by atoms with E-state index in [0.29, 0.717) is 6.61 Å². The van der Waals surface area contributed by atoms with Gasteiger partial charge < -0.3 is 4.74 Å². The van der Waals surface area contributed by atoms with E-state index >= 15 is 0 Å². The van der Waals surface area contributed by atoms with E-state index in [2.05, 4.69) is 16.7 Å². The Morgan fingerprint density at radius 1 is 1.46 bits per heavy atom. The molecular formula is C11H17NO. The van der Waals surface area contributed by atoms with Gasteiger partial charge in [0.25, 0.3) is 0 Å². The highest BCUT2D eigenvalue weighted by Crippen LogP contribution is 2.42. The van der Waals surface area contributed by atoms with Crippen molar-refractivity contribution in [3.8, 4) is 11.8 Å². The van der Waals surface area contributed by atoms with Gasteiger partial charge in [0.1, 0.15) is 6.61 Å². The molecule has 1 aliphatic carbocycles. The first-order valence-electron chi connectivity index (χ1n) is 5.10. The molecular weight excluding hydrogens is 162 g/mol. The van der Waals surface area contributed by atoms with Crippen LogP contribution in [0.3, 0.4) is 0 Å². The Hall–Kier alpha value is -0.520. The molecule has 2 atom stereocenters. The first-order chi connectivity index (χ1) is 6.42. The molecule has 0 spiro atoms. The minimum Gasteiger partial charge on any atom is -0.372 e. The van der Waals surface area contributed by atoms with Crippen molar-refractivity contribution in [2.75, 3.05) is 26.8 Å². The van der Waals surface area contributed by atoms with E-state index in [4.69, 9.17) is 4.74 Å². The Balaban J connectivity index is 1.73. The Labute approximate surface area is 80.2 Å². The van der Waals surface area contributed by atoms with Crippen molar-refractivity contribution in [3.63, 3.8) is 0 Å². The molecule has 0 radical (unpaired) electrons. The standard InChI is InChI=1S/C11H17NO/c1-13-8-3-2-6-12-7-4-5-10-9-11(10)12/h10-11H,4-9H2,1H3. The summed E-state index contributed by atoms with van der Waals surface area (Å²) in [7, 11) is 1.69. The number of nitrogens with zero attached hydrogens (tertiary/aromatic N) is 1. The lowest BCUT2D eigenvalue weighted by atomic mass is 10.1. The third kappa shape index (κ3) is 2.24. The molecule has 1 saturated heterocycles. The normalized spacial score (nSPS) is 31.8. The molecule has 1 aliphatic heterocycles. The van der Waals surface area contributed by atoms with Crippen molar-refractivity contribution in [1.29, 1.82) is 0 Å². The number of piperidine rings is 1. The highest BCUT2D eigenvalue weighted by molar-refractivity contribution is 5.06. The van der Waals surface area contributed by atoms with Crippen LogP contribution in [0.1, 0.15) is 19.3 Å². The monoisotopic (exact) mass is 179 g/mol. The summed E-state index contributed by atoms with van der Waals surface area (Å²) in [6, 6.07) is 0.880. The van der Waals surface area contributed by atoms with Crippen molar-refractivity contribution in [2.24, 2.45) is 5.92 Å². The summed E-state index contributed by atoms with van der Waals surface area (Å²) in [6.45, 7) is 2.77. The van der Waals surface area contributed by atoms with Gasteiger partial charge >= 0.3 is 0 Å². The maximum atomic E-state index is 4.88. The van der Waals surface area contributed by atoms with Gasteiger partial charge in [-0.2, -0.15) is 0 Å². The van der Waals surface area contributed by atoms with Gasteiger partial charge in [-0.15, -0.1) is 0 Å². The summed E-state index contributed by atoms with van der Waals surface area (Å²) in [6.07, 6.45) is 4.24. The molecule has 0 amide bonds. The fourth-order valence-electron chi connectivity index (χ4n) is 2.19. The van der Waals surface area contributed by atoms with Crippen molar-refractivity contribution in [1.82, 2.24) is 4.90 Å². The van der Waals surface area contributed by atoms with Gasteiger partial charge in [0.15, 0.2) is 0 Å². The molecule has 2 rings (SSSR count). The van der Waals surface area contributed by atoms with Gasteiger partial charge in [-0.1, -0.05) is 11.8 Å². The number of hydrogen-bond acceptors (Lipinski definition) is 2. The Kier molecular flexibility index (Phi) is 2.87. The molecule has 0 aromatic carbocycles. The first kappa shape index (κ1) is 9.05. The smallest absolute Gasteiger partial charge is 0.107 e. The number of ether oxygens (including phenoxy) is 1. The van der Waals surface area contributed by atoms with Crippen LogP contribution in [0, 0.1) is 17.8 Å². The van der Waals surface area contributed by atoms with E-state index in [-0.39, 0.29) is 0 Å². The molecule has 2 heteroatoms. The van der Waals surface area contributed by atoms with Crippen molar-refractivity contribution >= 4 is 0 Å². The second-order valence-electron chi connectivity index (χ2n) is 3.96. The zero-order chi connectivity index (χ0) is 9.10. The van der Waals surface area contributed by atoms with E-state index in [9.17, 15) is 0 Å². The molecule has 0 aromatic heterocycles. The molecule has 13 heavy (non-hydrogen) atoms. The molecule has 2 nitrogen and oxygen atoms in total. The molecule has 72 valence electrons. The van der Waals surface area contributed by atoms with Crippen LogP contribution in [0.25, 0.3) is 0 Å². The Bertz CT molecular complexity index is 228. The number of methoxy groups -OCH3 is 1. The van der Waals surface area contributed by atoms with E-state index in [1.165, 1.54) is 25.8 Å². The fourth-order valence-corrected chi connectivity index (χ4v) is 2.19. The maximum absolute atomic E-state index is 4.88. The summed E-state index contributed by atoms with van der Waals surface area (Å²) in [5.74, 6) is 7.18. The largest absolute Gasteiger partial charge is 0.372 e. The predicted molar refractivity (Wildman–Crippen MR) is 52.4 cm³/mol. The fraction of sp³-hybridized carbons (Fsp3) is 0.818. The lowest BCUT2D eigenvalue weighted by molar-refractivity contribution is 0.235. The number of fused-ring (bicyclic) bond motifs is 1. The zero-order valence-electron chi connectivity index (χ0n) is 8.25. The van der Waals surface area contributed by atoms with Crippen LogP contribution in [0.5, 0.6) is 0 Å². The van der Waals surface area contributed by atoms with Crippen LogP contribution in [0.15, 0.2) is 0 Å². The lowest BCUT2D eigenvalue weighted by Crippen LogP contribution is -2.31. The lowest BCUT2D eigenvalue weighted by Gasteiger charge is -2.23. The van der Waals surface area contributed by atoms with E-state index in [0.717, 1.165) is 18.5 Å². The number of likely N-dealkylation sites (tertiary alicyclic amines) is 1. The van der Waals surface area contributed by atoms with Crippen LogP contribution < -0.4 is 0 Å². The summed E-state index contributed by atoms with van der Waals surface area (Å²) >= 11 is 0. The predicted octanol–water partition coefficient (Wildman–Crippen LogP) is 1.12. The van der Waals surface area contributed by atoms with E-state index in [1.54, 1.807) is 7.11 Å². The molecule has 0 N–H and O–H groups in total. The average Bonchev–Trinajstić information content (AvgIpc) is 2.91. The summed E-state index contributed by atoms with van der Waals surface area (Å²) in [4.78, 5) is 2.52. The summed E-state index contributed by atoms with van der Waals surface area (Å²) < 4.78 is 4.88. The van der Waals surface area contributed by atoms with Crippen LogP contribution in [-0.2, 0) is 4.74 Å². The highest BCUT2D eigenvalue weighted by Gasteiger charge is 2.43. The van der Waals surface area contributed by atoms with Crippen LogP contribution in [-0.4, -0.2) is 37.7 Å². The van der Waals surface area contributed by atoms with Crippen LogP contribution in [0.2, 0.25) is 0 Å². The van der Waals surface area contributed by atoms with Crippen LogP contribution in [0.4, 0.5) is 0 Å². The first-order valence-corrected chi connectivity index (χ1v) is 5.10. The van der Waals surface area contributed by atoms with Gasteiger partial charge in [-0.05, 0) is 31.7 Å². The van der Waals surface area contributed by atoms with Gasteiger partial charge in [0, 0.05) is 13.2 Å². The van der Waals surface area contributed by atoms with E-state index in [1.807, 2.05) is 0 Å². The second kappa shape index (κ2) is 4.13. The van der Waals surface area contributed by atoms with Gasteiger partial charge in [0.05, 0.1) is 6.54 Å². The Morgan fingerprint density at radius 3 is 3.23 bits per heavy atom. The third-order valence-corrected chi connectivity index (χ3v) is 3.00. The quantitative estimate of drug-likeness (QED) is 0.589. The van der Waals surface area contributed by atoms with Gasteiger partial charge in [0.2, 0.25) is 0 Å². The third-order valence-electron chi connectivity index (χ3n) is 3.00. The highest BCUT2D eigenvalue weighted by atomic mass is 16.5. The maximum Gasteiger partial charge on any atom is 0.107 e. The summed E-state index contributed by atoms with van der Waals surface area (Å²) in [5.41, 5.74) is 0.